The third-order valence-corrected chi connectivity index (χ3v) is 6.20. The van der Waals surface area contributed by atoms with Gasteiger partial charge in [-0.05, 0) is 13.3 Å². The number of amides is 1. The first-order chi connectivity index (χ1) is 14.3. The third kappa shape index (κ3) is 4.57. The lowest BCUT2D eigenvalue weighted by Crippen LogP contribution is -2.52. The first kappa shape index (κ1) is 22.0. The highest BCUT2D eigenvalue weighted by atomic mass is 35.5. The lowest BCUT2D eigenvalue weighted by molar-refractivity contribution is 0.0606. The highest BCUT2D eigenvalue weighted by molar-refractivity contribution is 7.17. The van der Waals surface area contributed by atoms with E-state index >= 15 is 0 Å². The number of carbonyl (C=O) groups excluding carboxylic acids is 2. The number of ether oxygens (including phenoxy) is 1. The van der Waals surface area contributed by atoms with Crippen molar-refractivity contribution in [1.82, 2.24) is 15.3 Å². The van der Waals surface area contributed by atoms with E-state index in [9.17, 15) is 14.0 Å². The molecule has 1 amide bonds. The van der Waals surface area contributed by atoms with Crippen LogP contribution in [-0.2, 0) is 9.57 Å². The van der Waals surface area contributed by atoms with Gasteiger partial charge in [-0.1, -0.05) is 28.1 Å². The summed E-state index contributed by atoms with van der Waals surface area (Å²) in [5.74, 6) is -0.962. The topological polar surface area (TPSA) is 109 Å². The molecule has 30 heavy (non-hydrogen) atoms. The first-order valence-electron chi connectivity index (χ1n) is 9.04. The Kier molecular flexibility index (Phi) is 6.93. The highest BCUT2D eigenvalue weighted by Gasteiger charge is 2.33. The third-order valence-electron chi connectivity index (χ3n) is 4.67. The minimum Gasteiger partial charge on any atom is -0.465 e. The Bertz CT molecular complexity index is 963. The maximum absolute atomic E-state index is 14.8. The van der Waals surface area contributed by atoms with Crippen LogP contribution in [0.5, 0.6) is 0 Å². The average molecular weight is 458 g/mol. The number of rotatable bonds is 6. The quantitative estimate of drug-likeness (QED) is 0.392. The first-order valence-corrected chi connectivity index (χ1v) is 10.2. The van der Waals surface area contributed by atoms with Gasteiger partial charge in [-0.3, -0.25) is 4.79 Å². The van der Waals surface area contributed by atoms with Gasteiger partial charge in [0.05, 0.1) is 37.1 Å². The molecule has 0 unspecified atom stereocenters. The van der Waals surface area contributed by atoms with Crippen molar-refractivity contribution >= 4 is 46.2 Å². The van der Waals surface area contributed by atoms with Crippen LogP contribution >= 0.6 is 22.9 Å². The van der Waals surface area contributed by atoms with Crippen molar-refractivity contribution in [2.75, 3.05) is 32.2 Å². The molecule has 12 heteroatoms. The van der Waals surface area contributed by atoms with E-state index < -0.39 is 24.1 Å². The van der Waals surface area contributed by atoms with E-state index in [1.807, 2.05) is 0 Å². The number of aromatic nitrogens is 2. The number of esters is 1. The van der Waals surface area contributed by atoms with Crippen LogP contribution in [0.15, 0.2) is 11.4 Å². The number of hydrogen-bond donors (Lipinski definition) is 2. The molecule has 0 spiro atoms. The number of alkyl halides is 1. The molecule has 2 atom stereocenters. The van der Waals surface area contributed by atoms with Crippen LogP contribution in [0.3, 0.4) is 0 Å². The molecule has 1 saturated heterocycles. The summed E-state index contributed by atoms with van der Waals surface area (Å²) in [5, 5.41) is 7.26. The van der Waals surface area contributed by atoms with Crippen LogP contribution in [0.2, 0.25) is 5.02 Å². The van der Waals surface area contributed by atoms with Crippen molar-refractivity contribution in [3.63, 3.8) is 0 Å². The Balaban J connectivity index is 1.66. The zero-order chi connectivity index (χ0) is 21.8. The number of oxime groups is 1. The largest absolute Gasteiger partial charge is 0.465 e. The number of anilines is 1. The lowest BCUT2D eigenvalue weighted by atomic mass is 10.0. The molecule has 0 aliphatic carbocycles. The van der Waals surface area contributed by atoms with Gasteiger partial charge in [0, 0.05) is 17.8 Å². The predicted molar refractivity (Wildman–Crippen MR) is 112 cm³/mol. The molecule has 0 saturated carbocycles. The van der Waals surface area contributed by atoms with Crippen molar-refractivity contribution in [1.29, 1.82) is 0 Å². The van der Waals surface area contributed by atoms with E-state index in [-0.39, 0.29) is 12.2 Å². The van der Waals surface area contributed by atoms with Crippen molar-refractivity contribution in [2.45, 2.75) is 25.6 Å². The van der Waals surface area contributed by atoms with Crippen LogP contribution in [0, 0.1) is 6.92 Å². The second-order valence-electron chi connectivity index (χ2n) is 6.60. The Morgan fingerprint density at radius 2 is 2.27 bits per heavy atom. The molecule has 9 nitrogen and oxygen atoms in total. The highest BCUT2D eigenvalue weighted by Crippen LogP contribution is 2.28. The van der Waals surface area contributed by atoms with E-state index in [4.69, 9.17) is 11.6 Å². The zero-order valence-corrected chi connectivity index (χ0v) is 18.1. The van der Waals surface area contributed by atoms with Gasteiger partial charge in [-0.25, -0.2) is 14.2 Å². The predicted octanol–water partition coefficient (Wildman–Crippen LogP) is 2.55. The summed E-state index contributed by atoms with van der Waals surface area (Å²) >= 11 is 7.35. The van der Waals surface area contributed by atoms with Crippen molar-refractivity contribution < 1.29 is 23.6 Å². The molecule has 0 radical (unpaired) electrons. The Morgan fingerprint density at radius 3 is 2.93 bits per heavy atom. The fourth-order valence-electron chi connectivity index (χ4n) is 3.11. The van der Waals surface area contributed by atoms with Crippen molar-refractivity contribution in [2.24, 2.45) is 5.16 Å². The SMILES string of the molecule is CON=Cc1c(C(=O)N[C@@H]2CCN(c3ncc(C(=O)OC)s3)C[C@@H]2F)[nH]c(C)c1Cl. The van der Waals surface area contributed by atoms with E-state index in [0.29, 0.717) is 39.3 Å². The van der Waals surface area contributed by atoms with Gasteiger partial charge in [0.25, 0.3) is 5.91 Å². The molecule has 0 bridgehead atoms. The summed E-state index contributed by atoms with van der Waals surface area (Å²) in [6, 6.07) is -0.677. The van der Waals surface area contributed by atoms with Gasteiger partial charge < -0.3 is 24.8 Å². The average Bonchev–Trinajstić information content (AvgIpc) is 3.33. The van der Waals surface area contributed by atoms with Crippen LogP contribution in [-0.4, -0.2) is 67.6 Å². The van der Waals surface area contributed by atoms with Gasteiger partial charge in [0.2, 0.25) is 0 Å². The molecular formula is C18H21ClFN5O4S. The number of hydrogen-bond acceptors (Lipinski definition) is 8. The minimum atomic E-state index is -1.32. The van der Waals surface area contributed by atoms with Crippen LogP contribution in [0.1, 0.15) is 37.8 Å². The van der Waals surface area contributed by atoms with Crippen LogP contribution < -0.4 is 10.2 Å². The molecule has 2 aromatic heterocycles. The minimum absolute atomic E-state index is 0.0432. The van der Waals surface area contributed by atoms with E-state index in [0.717, 1.165) is 11.3 Å². The number of nitrogens with one attached hydrogen (secondary N) is 2. The molecule has 0 aromatic carbocycles. The second kappa shape index (κ2) is 9.43. The number of aromatic amines is 1. The maximum atomic E-state index is 14.8. The van der Waals surface area contributed by atoms with E-state index in [1.165, 1.54) is 26.6 Å². The number of halogens is 2. The fourth-order valence-corrected chi connectivity index (χ4v) is 4.17. The zero-order valence-electron chi connectivity index (χ0n) is 16.6. The molecule has 1 fully saturated rings. The summed E-state index contributed by atoms with van der Waals surface area (Å²) in [7, 11) is 2.67. The summed E-state index contributed by atoms with van der Waals surface area (Å²) in [4.78, 5) is 38.1. The second-order valence-corrected chi connectivity index (χ2v) is 7.99. The van der Waals surface area contributed by atoms with Crippen molar-refractivity contribution in [3.8, 4) is 0 Å². The van der Waals surface area contributed by atoms with Gasteiger partial charge in [-0.15, -0.1) is 0 Å². The van der Waals surface area contributed by atoms with Crippen LogP contribution in [0.4, 0.5) is 9.52 Å². The molecule has 3 heterocycles. The molecule has 162 valence electrons. The smallest absolute Gasteiger partial charge is 0.349 e. The number of thiazole rings is 1. The monoisotopic (exact) mass is 457 g/mol. The molecule has 3 rings (SSSR count). The molecule has 2 aromatic rings. The molecule has 1 aliphatic heterocycles. The summed E-state index contributed by atoms with van der Waals surface area (Å²) in [6.45, 7) is 2.24. The number of nitrogens with zero attached hydrogens (tertiary/aromatic N) is 3. The number of methoxy groups -OCH3 is 1. The molecule has 2 N–H and O–H groups in total. The van der Waals surface area contributed by atoms with E-state index in [1.54, 1.807) is 11.8 Å². The maximum Gasteiger partial charge on any atom is 0.349 e. The Morgan fingerprint density at radius 1 is 1.50 bits per heavy atom. The summed E-state index contributed by atoms with van der Waals surface area (Å²) < 4.78 is 19.5. The van der Waals surface area contributed by atoms with Gasteiger partial charge in [-0.2, -0.15) is 0 Å². The fraction of sp³-hybridized carbons (Fsp3) is 0.444. The normalized spacial score (nSPS) is 19.2. The van der Waals surface area contributed by atoms with Gasteiger partial charge in [0.1, 0.15) is 23.9 Å². The number of H-pyrrole nitrogens is 1. The number of carbonyl (C=O) groups is 2. The Hall–Kier alpha value is -2.66. The number of piperidine rings is 1. The molecular weight excluding hydrogens is 437 g/mol. The molecule has 1 aliphatic rings. The van der Waals surface area contributed by atoms with Gasteiger partial charge >= 0.3 is 5.97 Å². The Labute approximate surface area is 181 Å². The van der Waals surface area contributed by atoms with Crippen molar-refractivity contribution in [3.05, 3.63) is 33.0 Å². The van der Waals surface area contributed by atoms with Gasteiger partial charge in [0.15, 0.2) is 5.13 Å². The standard InChI is InChI=1S/C18H21ClFN5O4S/c1-9-14(19)10(6-22-29-3)15(23-9)16(26)24-12-4-5-25(8-11(12)20)18-21-7-13(30-18)17(27)28-2/h6-7,11-12,23H,4-5,8H2,1-3H3,(H,24,26)/t11-,12+/m0/s1. The summed E-state index contributed by atoms with van der Waals surface area (Å²) in [5.41, 5.74) is 1.16. The number of aryl methyl sites for hydroxylation is 1. The lowest BCUT2D eigenvalue weighted by Gasteiger charge is -2.34. The van der Waals surface area contributed by atoms with Crippen LogP contribution in [0.25, 0.3) is 0 Å². The van der Waals surface area contributed by atoms with E-state index in [2.05, 4.69) is 30.0 Å². The summed E-state index contributed by atoms with van der Waals surface area (Å²) in [6.07, 6.45) is 1.79.